The smallest absolute Gasteiger partial charge is 0.0316 e. The average Bonchev–Trinajstić information content (AvgIpc) is 3.21. The van der Waals surface area contributed by atoms with Crippen LogP contribution in [0, 0.1) is 19.8 Å². The van der Waals surface area contributed by atoms with Crippen LogP contribution in [0.15, 0.2) is 84.9 Å². The van der Waals surface area contributed by atoms with Crippen molar-refractivity contribution in [3.8, 4) is 0 Å². The van der Waals surface area contributed by atoms with Gasteiger partial charge in [0.2, 0.25) is 0 Å². The lowest BCUT2D eigenvalue weighted by atomic mass is 9.62. The van der Waals surface area contributed by atoms with E-state index >= 15 is 0 Å². The number of aryl methyl sites for hydroxylation is 2. The number of hydrogen-bond donors (Lipinski definition) is 2. The Hall–Kier alpha value is -3.52. The molecule has 4 N–H and O–H groups in total. The van der Waals surface area contributed by atoms with Crippen LogP contribution in [-0.4, -0.2) is 0 Å². The Morgan fingerprint density at radius 2 is 0.875 bits per heavy atom. The summed E-state index contributed by atoms with van der Waals surface area (Å²) >= 11 is 0. The summed E-state index contributed by atoms with van der Waals surface area (Å²) in [6.07, 6.45) is 27.5. The molecule has 304 valence electrons. The first kappa shape index (κ1) is 43.6. The van der Waals surface area contributed by atoms with Crippen LogP contribution >= 0.6 is 0 Å². The van der Waals surface area contributed by atoms with Crippen LogP contribution in [0.4, 0.5) is 11.4 Å². The summed E-state index contributed by atoms with van der Waals surface area (Å²) in [6, 6.07) is 33.1. The summed E-state index contributed by atoms with van der Waals surface area (Å²) < 4.78 is 0. The molecule has 1 aliphatic carbocycles. The number of anilines is 2. The van der Waals surface area contributed by atoms with Crippen molar-refractivity contribution in [1.29, 1.82) is 0 Å². The third kappa shape index (κ3) is 11.8. The van der Waals surface area contributed by atoms with Crippen molar-refractivity contribution >= 4 is 11.4 Å². The molecule has 2 heteroatoms. The van der Waals surface area contributed by atoms with Crippen molar-refractivity contribution in [3.63, 3.8) is 0 Å². The molecule has 0 saturated heterocycles. The molecule has 2 atom stereocenters. The number of nitrogens with two attached hydrogens (primary N) is 2. The molecule has 1 saturated carbocycles. The van der Waals surface area contributed by atoms with E-state index in [1.807, 2.05) is 0 Å². The topological polar surface area (TPSA) is 52.0 Å². The lowest BCUT2D eigenvalue weighted by Crippen LogP contribution is -2.33. The maximum atomic E-state index is 6.25. The second-order valence-electron chi connectivity index (χ2n) is 17.8. The first-order chi connectivity index (χ1) is 27.3. The molecule has 5 rings (SSSR count). The number of unbranched alkanes of at least 4 members (excludes halogenated alkanes) is 12. The van der Waals surface area contributed by atoms with Gasteiger partial charge in [-0.15, -0.1) is 0 Å². The number of hydrogen-bond acceptors (Lipinski definition) is 2. The van der Waals surface area contributed by atoms with Crippen molar-refractivity contribution in [2.75, 3.05) is 11.5 Å². The van der Waals surface area contributed by atoms with Gasteiger partial charge in [-0.05, 0) is 127 Å². The van der Waals surface area contributed by atoms with Gasteiger partial charge in [0.25, 0.3) is 0 Å². The fourth-order valence-electron chi connectivity index (χ4n) is 10.2. The van der Waals surface area contributed by atoms with Gasteiger partial charge in [0, 0.05) is 28.6 Å². The Kier molecular flexibility index (Phi) is 17.5. The third-order valence-corrected chi connectivity index (χ3v) is 13.8. The fourth-order valence-corrected chi connectivity index (χ4v) is 10.2. The highest BCUT2D eigenvalue weighted by Gasteiger charge is 2.38. The molecule has 4 aromatic rings. The molecule has 1 fully saturated rings. The maximum Gasteiger partial charge on any atom is 0.0316 e. The predicted octanol–water partition coefficient (Wildman–Crippen LogP) is 15.9. The molecule has 0 aliphatic heterocycles. The molecule has 0 amide bonds. The number of benzene rings is 4. The third-order valence-electron chi connectivity index (χ3n) is 13.8. The molecule has 0 radical (unpaired) electrons. The molecule has 0 bridgehead atoms. The highest BCUT2D eigenvalue weighted by molar-refractivity contribution is 5.51. The van der Waals surface area contributed by atoms with E-state index < -0.39 is 0 Å². The first-order valence-corrected chi connectivity index (χ1v) is 23.2. The van der Waals surface area contributed by atoms with Crippen LogP contribution in [0.5, 0.6) is 0 Å². The van der Waals surface area contributed by atoms with Gasteiger partial charge in [-0.1, -0.05) is 178 Å². The van der Waals surface area contributed by atoms with E-state index in [2.05, 4.69) is 120 Å². The maximum absolute atomic E-state index is 6.25. The molecule has 1 aliphatic rings. The van der Waals surface area contributed by atoms with E-state index in [0.29, 0.717) is 11.8 Å². The standard InChI is InChI=1S/C54H78N2/c1-6-9-11-13-15-17-19-21-52(50-33-31-48(55)39-41(50)4)44-23-27-46(28-24-44)54(37-35-43(8-3)36-38-54)47-29-25-45(26-30-47)53(22-20-18-16-14-12-10-7-2)51-34-32-49(56)40-42(51)5/h23-34,39-40,43,52-53H,6-22,35-38,55-56H2,1-5H3. The van der Waals surface area contributed by atoms with E-state index in [1.165, 1.54) is 179 Å². The van der Waals surface area contributed by atoms with Crippen LogP contribution in [0.1, 0.15) is 212 Å². The normalized spacial score (nSPS) is 18.2. The number of nitrogen functional groups attached to an aromatic ring is 2. The zero-order valence-electron chi connectivity index (χ0n) is 36.3. The van der Waals surface area contributed by atoms with Gasteiger partial charge in [-0.2, -0.15) is 0 Å². The van der Waals surface area contributed by atoms with Crippen molar-refractivity contribution in [2.45, 2.75) is 187 Å². The van der Waals surface area contributed by atoms with Crippen molar-refractivity contribution in [2.24, 2.45) is 5.92 Å². The predicted molar refractivity (Wildman–Crippen MR) is 246 cm³/mol. The van der Waals surface area contributed by atoms with Crippen molar-refractivity contribution in [1.82, 2.24) is 0 Å². The lowest BCUT2D eigenvalue weighted by Gasteiger charge is -2.41. The van der Waals surface area contributed by atoms with Crippen LogP contribution in [0.25, 0.3) is 0 Å². The molecule has 2 nitrogen and oxygen atoms in total. The summed E-state index contributed by atoms with van der Waals surface area (Å²) in [5.41, 5.74) is 25.7. The Labute approximate surface area is 343 Å². The molecule has 0 heterocycles. The summed E-state index contributed by atoms with van der Waals surface area (Å²) in [6.45, 7) is 11.5. The summed E-state index contributed by atoms with van der Waals surface area (Å²) in [5, 5.41) is 0. The van der Waals surface area contributed by atoms with Gasteiger partial charge in [-0.25, -0.2) is 0 Å². The lowest BCUT2D eigenvalue weighted by molar-refractivity contribution is 0.260. The molecule has 4 aromatic carbocycles. The van der Waals surface area contributed by atoms with Crippen LogP contribution in [0.3, 0.4) is 0 Å². The quantitative estimate of drug-likeness (QED) is 0.0585. The monoisotopic (exact) mass is 755 g/mol. The van der Waals surface area contributed by atoms with Crippen LogP contribution in [-0.2, 0) is 5.41 Å². The Morgan fingerprint density at radius 1 is 0.500 bits per heavy atom. The molecular weight excluding hydrogens is 677 g/mol. The second kappa shape index (κ2) is 22.4. The summed E-state index contributed by atoms with van der Waals surface area (Å²) in [7, 11) is 0. The highest BCUT2D eigenvalue weighted by atomic mass is 14.5. The Bertz CT molecular complexity index is 1590. The van der Waals surface area contributed by atoms with E-state index in [4.69, 9.17) is 11.5 Å². The number of rotatable bonds is 23. The molecule has 56 heavy (non-hydrogen) atoms. The summed E-state index contributed by atoms with van der Waals surface area (Å²) in [4.78, 5) is 0. The summed E-state index contributed by atoms with van der Waals surface area (Å²) in [5.74, 6) is 1.63. The average molecular weight is 755 g/mol. The van der Waals surface area contributed by atoms with Gasteiger partial charge >= 0.3 is 0 Å². The van der Waals surface area contributed by atoms with Crippen LogP contribution in [0.2, 0.25) is 0 Å². The van der Waals surface area contributed by atoms with Gasteiger partial charge in [-0.3, -0.25) is 0 Å². The minimum absolute atomic E-state index is 0.0545. The van der Waals surface area contributed by atoms with Gasteiger partial charge in [0.1, 0.15) is 0 Å². The molecule has 2 unspecified atom stereocenters. The second-order valence-corrected chi connectivity index (χ2v) is 17.8. The molecule has 0 aromatic heterocycles. The minimum Gasteiger partial charge on any atom is -0.399 e. The van der Waals surface area contributed by atoms with E-state index in [-0.39, 0.29) is 5.41 Å². The SMILES string of the molecule is CCCCCCCCCC(c1ccc(C2(c3ccc(C(CCCCCCCCC)c4ccc(N)cc4C)cc3)CCC(CC)CC2)cc1)c1ccc(N)cc1C. The molecule has 0 spiro atoms. The van der Waals surface area contributed by atoms with E-state index in [0.717, 1.165) is 17.3 Å². The molecular formula is C54H78N2. The Morgan fingerprint density at radius 3 is 1.23 bits per heavy atom. The zero-order chi connectivity index (χ0) is 39.8. The largest absolute Gasteiger partial charge is 0.399 e. The Balaban J connectivity index is 1.41. The van der Waals surface area contributed by atoms with E-state index in [9.17, 15) is 0 Å². The highest BCUT2D eigenvalue weighted by Crippen LogP contribution is 2.48. The van der Waals surface area contributed by atoms with Gasteiger partial charge in [0.15, 0.2) is 0 Å². The fraction of sp³-hybridized carbons (Fsp3) is 0.556. The first-order valence-electron chi connectivity index (χ1n) is 23.2. The zero-order valence-corrected chi connectivity index (χ0v) is 36.3. The van der Waals surface area contributed by atoms with Gasteiger partial charge in [0.05, 0.1) is 0 Å². The van der Waals surface area contributed by atoms with Crippen LogP contribution < -0.4 is 11.5 Å². The van der Waals surface area contributed by atoms with Gasteiger partial charge < -0.3 is 11.5 Å². The van der Waals surface area contributed by atoms with E-state index in [1.54, 1.807) is 0 Å². The minimum atomic E-state index is 0.0545. The van der Waals surface area contributed by atoms with Crippen molar-refractivity contribution in [3.05, 3.63) is 129 Å². The van der Waals surface area contributed by atoms with Crippen molar-refractivity contribution < 1.29 is 0 Å².